The molecule has 5 fully saturated rings. The Labute approximate surface area is 398 Å². The first-order valence-corrected chi connectivity index (χ1v) is 22.9. The highest BCUT2D eigenvalue weighted by molar-refractivity contribution is 6.48. The predicted octanol–water partition coefficient (Wildman–Crippen LogP) is 5.60. The minimum atomic E-state index is -1.60. The van der Waals surface area contributed by atoms with Crippen LogP contribution in [0.1, 0.15) is 103 Å². The number of halogens is 1. The van der Waals surface area contributed by atoms with E-state index in [9.17, 15) is 24.0 Å². The molecule has 7 rings (SSSR count). The minimum absolute atomic E-state index is 0.000969. The Morgan fingerprint density at radius 2 is 1.57 bits per heavy atom. The van der Waals surface area contributed by atoms with Gasteiger partial charge in [0.05, 0.1) is 44.0 Å². The zero-order valence-electron chi connectivity index (χ0n) is 40.8. The molecule has 2 bridgehead atoms. The lowest BCUT2D eigenvalue weighted by Gasteiger charge is -2.64. The second-order valence-electron chi connectivity index (χ2n) is 20.4. The SMILES string of the molecule is COc1ccc(C(NC(=O)N2CCN(CCN(C)C(=O)OC(C)(C)C)C(=O)C2=O)C(=O)NC(Cc2cccc(C(=O)OC(C)(C)C)c2OC)B2O[C@@H]3C[C@@H]4C[C@@H](C4(C)C)[C@]3(C)O2)c(Cl)c1OC. The number of amides is 6. The van der Waals surface area contributed by atoms with Crippen molar-refractivity contribution in [2.75, 3.05) is 54.6 Å². The van der Waals surface area contributed by atoms with E-state index in [2.05, 4.69) is 24.5 Å². The summed E-state index contributed by atoms with van der Waals surface area (Å²) in [4.78, 5) is 85.6. The Hall–Kier alpha value is -5.27. The van der Waals surface area contributed by atoms with Gasteiger partial charge in [-0.05, 0) is 103 Å². The molecule has 2 aromatic carbocycles. The maximum absolute atomic E-state index is 15.1. The maximum Gasteiger partial charge on any atom is 0.482 e. The smallest absolute Gasteiger partial charge is 0.482 e. The number of likely N-dealkylation sites (N-methyl/N-ethyl adjacent to an activating group) is 1. The van der Waals surface area contributed by atoms with Crippen LogP contribution in [0.2, 0.25) is 5.02 Å². The van der Waals surface area contributed by atoms with Gasteiger partial charge in [-0.25, -0.2) is 14.4 Å². The van der Waals surface area contributed by atoms with E-state index in [4.69, 9.17) is 44.6 Å². The molecule has 67 heavy (non-hydrogen) atoms. The van der Waals surface area contributed by atoms with E-state index in [1.54, 1.807) is 59.7 Å². The summed E-state index contributed by atoms with van der Waals surface area (Å²) >= 11 is 6.94. The summed E-state index contributed by atoms with van der Waals surface area (Å²) in [7, 11) is 4.72. The summed E-state index contributed by atoms with van der Waals surface area (Å²) in [5.74, 6) is -3.31. The highest BCUT2D eigenvalue weighted by Crippen LogP contribution is 2.65. The molecule has 5 aliphatic rings. The Morgan fingerprint density at radius 1 is 0.896 bits per heavy atom. The summed E-state index contributed by atoms with van der Waals surface area (Å²) < 4.78 is 41.6. The first-order valence-electron chi connectivity index (χ1n) is 22.5. The number of rotatable bonds is 14. The quantitative estimate of drug-likeness (QED) is 0.135. The van der Waals surface area contributed by atoms with Gasteiger partial charge in [0.2, 0.25) is 5.91 Å². The molecule has 3 aliphatic carbocycles. The third kappa shape index (κ3) is 10.6. The zero-order valence-corrected chi connectivity index (χ0v) is 41.6. The Kier molecular flexibility index (Phi) is 14.8. The van der Waals surface area contributed by atoms with Gasteiger partial charge in [0.1, 0.15) is 28.6 Å². The first kappa shape index (κ1) is 51.1. The number of nitrogens with zero attached hydrogens (tertiary/aromatic N) is 3. The molecule has 2 heterocycles. The van der Waals surface area contributed by atoms with Crippen LogP contribution in [0.3, 0.4) is 0 Å². The number of hydrogen-bond acceptors (Lipinski definition) is 13. The number of piperazine rings is 1. The van der Waals surface area contributed by atoms with Crippen LogP contribution in [0.25, 0.3) is 0 Å². The highest BCUT2D eigenvalue weighted by atomic mass is 35.5. The Bertz CT molecular complexity index is 2270. The van der Waals surface area contributed by atoms with E-state index >= 15 is 4.79 Å². The average molecular weight is 954 g/mol. The van der Waals surface area contributed by atoms with Crippen molar-refractivity contribution in [1.29, 1.82) is 0 Å². The van der Waals surface area contributed by atoms with Crippen LogP contribution in [-0.2, 0) is 39.6 Å². The highest BCUT2D eigenvalue weighted by Gasteiger charge is 2.68. The summed E-state index contributed by atoms with van der Waals surface area (Å²) in [6.07, 6.45) is 0.879. The Balaban J connectivity index is 1.31. The summed E-state index contributed by atoms with van der Waals surface area (Å²) in [5, 5.41) is 5.66. The van der Waals surface area contributed by atoms with Crippen molar-refractivity contribution >= 4 is 54.5 Å². The van der Waals surface area contributed by atoms with Crippen molar-refractivity contribution in [3.05, 3.63) is 52.0 Å². The molecule has 0 aromatic heterocycles. The molecule has 20 heteroatoms. The molecule has 0 spiro atoms. The van der Waals surface area contributed by atoms with Gasteiger partial charge < -0.3 is 53.4 Å². The van der Waals surface area contributed by atoms with Gasteiger partial charge in [-0.2, -0.15) is 0 Å². The number of methoxy groups -OCH3 is 3. The average Bonchev–Trinajstić information content (AvgIpc) is 3.61. The normalized spacial score (nSPS) is 23.0. The minimum Gasteiger partial charge on any atom is -0.496 e. The number of carbonyl (C=O) groups excluding carboxylic acids is 6. The van der Waals surface area contributed by atoms with Crippen molar-refractivity contribution in [2.24, 2.45) is 17.3 Å². The van der Waals surface area contributed by atoms with Crippen LogP contribution in [0.15, 0.2) is 30.3 Å². The zero-order chi connectivity index (χ0) is 49.6. The molecule has 3 saturated carbocycles. The third-order valence-corrected chi connectivity index (χ3v) is 13.7. The molecule has 2 saturated heterocycles. The van der Waals surface area contributed by atoms with Crippen molar-refractivity contribution < 1.29 is 61.8 Å². The number of esters is 1. The fourth-order valence-corrected chi connectivity index (χ4v) is 10.0. The number of imide groups is 1. The van der Waals surface area contributed by atoms with Gasteiger partial charge in [-0.15, -0.1) is 0 Å². The molecule has 2 N–H and O–H groups in total. The molecule has 2 unspecified atom stereocenters. The van der Waals surface area contributed by atoms with Gasteiger partial charge in [0.15, 0.2) is 11.5 Å². The van der Waals surface area contributed by atoms with E-state index in [1.165, 1.54) is 50.3 Å². The fourth-order valence-electron chi connectivity index (χ4n) is 9.67. The lowest BCUT2D eigenvalue weighted by molar-refractivity contribution is -0.199. The molecule has 18 nitrogen and oxygen atoms in total. The number of hydrogen-bond donors (Lipinski definition) is 2. The van der Waals surface area contributed by atoms with Gasteiger partial charge in [0.25, 0.3) is 0 Å². The number of benzene rings is 2. The number of carbonyl (C=O) groups is 6. The van der Waals surface area contributed by atoms with E-state index < -0.39 is 71.7 Å². The van der Waals surface area contributed by atoms with Crippen molar-refractivity contribution in [3.63, 3.8) is 0 Å². The van der Waals surface area contributed by atoms with Gasteiger partial charge in [-0.1, -0.05) is 43.6 Å². The molecule has 0 radical (unpaired) electrons. The number of para-hydroxylation sites is 1. The molecular weight excluding hydrogens is 889 g/mol. The van der Waals surface area contributed by atoms with Crippen molar-refractivity contribution in [3.8, 4) is 17.2 Å². The molecule has 6 amide bonds. The number of ether oxygens (including phenoxy) is 5. The van der Waals surface area contributed by atoms with Crippen LogP contribution in [0, 0.1) is 17.3 Å². The largest absolute Gasteiger partial charge is 0.496 e. The van der Waals surface area contributed by atoms with Crippen LogP contribution >= 0.6 is 11.6 Å². The van der Waals surface area contributed by atoms with Gasteiger partial charge in [0, 0.05) is 38.8 Å². The summed E-state index contributed by atoms with van der Waals surface area (Å²) in [6.45, 7) is 16.8. The van der Waals surface area contributed by atoms with Crippen molar-refractivity contribution in [1.82, 2.24) is 25.3 Å². The van der Waals surface area contributed by atoms with Crippen LogP contribution in [0.5, 0.6) is 17.2 Å². The van der Waals surface area contributed by atoms with E-state index in [1.807, 2.05) is 6.92 Å². The van der Waals surface area contributed by atoms with Crippen LogP contribution in [-0.4, -0.2) is 141 Å². The number of nitrogens with one attached hydrogen (secondary N) is 2. The molecule has 366 valence electrons. The maximum atomic E-state index is 15.1. The summed E-state index contributed by atoms with van der Waals surface area (Å²) in [5.41, 5.74) is -1.43. The van der Waals surface area contributed by atoms with Crippen LogP contribution in [0.4, 0.5) is 9.59 Å². The molecule has 2 aromatic rings. The molecule has 2 aliphatic heterocycles. The lowest BCUT2D eigenvalue weighted by Crippen LogP contribution is -2.65. The van der Waals surface area contributed by atoms with E-state index in [-0.39, 0.29) is 83.4 Å². The monoisotopic (exact) mass is 953 g/mol. The Morgan fingerprint density at radius 3 is 2.18 bits per heavy atom. The third-order valence-electron chi connectivity index (χ3n) is 13.3. The molecule has 6 atom stereocenters. The van der Waals surface area contributed by atoms with E-state index in [0.717, 1.165) is 17.7 Å². The first-order chi connectivity index (χ1) is 31.2. The topological polar surface area (TPSA) is 201 Å². The standard InChI is InChI=1S/C47H65BClN5O13/c1-44(2,3)64-41(58)29-16-14-15-26(36(29)62-12)23-33(48-66-32-25-27-24-31(46(27,7)8)47(32,9)67-48)50-38(55)35(28-17-18-30(61-11)37(63-13)34(28)49)51-42(59)54-22-21-53(39(56)40(54)57)20-19-52(10)43(60)65-45(4,5)6/h14-18,27,31-33,35H,19-25H2,1-13H3,(H,50,55)(H,51,59)/t27-,31-,32+,33?,35?,47-/m0/s1. The second kappa shape index (κ2) is 19.4. The van der Waals surface area contributed by atoms with Gasteiger partial charge >= 0.3 is 37.0 Å². The van der Waals surface area contributed by atoms with Crippen molar-refractivity contribution in [2.45, 2.75) is 116 Å². The predicted molar refractivity (Wildman–Crippen MR) is 247 cm³/mol. The van der Waals surface area contributed by atoms with Gasteiger partial charge in [-0.3, -0.25) is 19.3 Å². The van der Waals surface area contributed by atoms with Crippen LogP contribution < -0.4 is 24.8 Å². The second-order valence-corrected chi connectivity index (χ2v) is 20.8. The van der Waals surface area contributed by atoms with E-state index in [0.29, 0.717) is 11.5 Å². The lowest BCUT2D eigenvalue weighted by atomic mass is 9.43. The summed E-state index contributed by atoms with van der Waals surface area (Å²) in [6, 6.07) is 5.39. The fraction of sp³-hybridized carbons (Fsp3) is 0.617. The molecular formula is C47H65BClN5O13. The number of urea groups is 1.